The van der Waals surface area contributed by atoms with Gasteiger partial charge in [-0.1, -0.05) is 50.6 Å². The molecular formula is C37H38ClF3N6O7. The number of aromatic nitrogens is 2. The molecule has 4 aromatic rings. The Morgan fingerprint density at radius 1 is 1.04 bits per heavy atom. The number of hydrogen-bond acceptors (Lipinski definition) is 8. The van der Waals surface area contributed by atoms with Gasteiger partial charge in [-0.2, -0.15) is 13.9 Å². The van der Waals surface area contributed by atoms with E-state index in [9.17, 15) is 33.4 Å². The van der Waals surface area contributed by atoms with Gasteiger partial charge in [-0.15, -0.1) is 0 Å². The van der Waals surface area contributed by atoms with E-state index in [0.717, 1.165) is 23.4 Å². The molecule has 17 heteroatoms. The van der Waals surface area contributed by atoms with Crippen molar-refractivity contribution in [1.82, 2.24) is 25.3 Å². The van der Waals surface area contributed by atoms with Crippen molar-refractivity contribution in [3.05, 3.63) is 100 Å². The maximum Gasteiger partial charge on any atom is 0.411 e. The molecule has 54 heavy (non-hydrogen) atoms. The first-order chi connectivity index (χ1) is 25.5. The Hall–Kier alpha value is -5.61. The lowest BCUT2D eigenvalue weighted by molar-refractivity contribution is -0.135. The quantitative estimate of drug-likeness (QED) is 0.126. The van der Waals surface area contributed by atoms with Crippen molar-refractivity contribution < 1.29 is 47.2 Å². The summed E-state index contributed by atoms with van der Waals surface area (Å²) in [6, 6.07) is 11.7. The zero-order valence-corrected chi connectivity index (χ0v) is 30.6. The van der Waals surface area contributed by atoms with E-state index in [-0.39, 0.29) is 45.8 Å². The summed E-state index contributed by atoms with van der Waals surface area (Å²) >= 11 is 6.45. The van der Waals surface area contributed by atoms with Gasteiger partial charge in [0.1, 0.15) is 17.3 Å². The number of guanidine groups is 1. The lowest BCUT2D eigenvalue weighted by atomic mass is 9.75. The summed E-state index contributed by atoms with van der Waals surface area (Å²) < 4.78 is 53.6. The first kappa shape index (κ1) is 39.6. The average molecular weight is 771 g/mol. The highest BCUT2D eigenvalue weighted by atomic mass is 35.5. The van der Waals surface area contributed by atoms with Gasteiger partial charge in [-0.25, -0.2) is 18.9 Å². The van der Waals surface area contributed by atoms with Crippen LogP contribution in [0.1, 0.15) is 66.8 Å². The number of carboxylic acid groups (broad SMARTS) is 1. The number of ether oxygens (including phenoxy) is 2. The van der Waals surface area contributed by atoms with Crippen LogP contribution in [-0.4, -0.2) is 69.6 Å². The van der Waals surface area contributed by atoms with E-state index >= 15 is 4.39 Å². The minimum atomic E-state index is -2.91. The Labute approximate surface area is 313 Å². The Bertz CT molecular complexity index is 2100. The molecule has 1 aliphatic rings. The van der Waals surface area contributed by atoms with E-state index in [1.165, 1.54) is 44.6 Å². The second-order valence-corrected chi connectivity index (χ2v) is 14.0. The molecule has 0 fully saturated rings. The van der Waals surface area contributed by atoms with E-state index in [0.29, 0.717) is 21.7 Å². The summed E-state index contributed by atoms with van der Waals surface area (Å²) in [5.74, 6) is -1.88. The Morgan fingerprint density at radius 2 is 1.78 bits per heavy atom. The second-order valence-electron chi connectivity index (χ2n) is 13.6. The molecule has 3 amide bonds. The van der Waals surface area contributed by atoms with Gasteiger partial charge in [0.15, 0.2) is 5.54 Å². The van der Waals surface area contributed by atoms with Crippen molar-refractivity contribution in [1.29, 1.82) is 0 Å². The Morgan fingerprint density at radius 3 is 2.37 bits per heavy atom. The molecule has 1 unspecified atom stereocenters. The van der Waals surface area contributed by atoms with Gasteiger partial charge >= 0.3 is 12.6 Å². The number of carbonyl (C=O) groups is 3. The first-order valence-corrected chi connectivity index (χ1v) is 16.8. The largest absolute Gasteiger partial charge is 0.497 e. The van der Waals surface area contributed by atoms with Crippen LogP contribution in [0.25, 0.3) is 11.1 Å². The summed E-state index contributed by atoms with van der Waals surface area (Å²) in [7, 11) is 2.98. The lowest BCUT2D eigenvalue weighted by Gasteiger charge is -2.34. The SMILES string of the molecule is COc1ccc(CNC(=O)c2cc([C@@H](CO)N3C(=O)C(CC(C)(C)C)(c4ccc(-c5cnn(C(F)F)c5)cc4F)N=C3NC(=O)O)ccc2Cl)c(OC)c1. The summed E-state index contributed by atoms with van der Waals surface area (Å²) in [6.07, 6.45) is 0.471. The average Bonchev–Trinajstić information content (AvgIpc) is 3.71. The number of nitrogens with zero attached hydrogens (tertiary/aromatic N) is 4. The molecule has 1 aromatic heterocycles. The van der Waals surface area contributed by atoms with Crippen LogP contribution in [-0.2, 0) is 16.9 Å². The van der Waals surface area contributed by atoms with E-state index < -0.39 is 59.8 Å². The van der Waals surface area contributed by atoms with Gasteiger partial charge < -0.3 is 25.0 Å². The molecule has 286 valence electrons. The van der Waals surface area contributed by atoms with Crippen molar-refractivity contribution >= 4 is 35.5 Å². The van der Waals surface area contributed by atoms with Crippen LogP contribution >= 0.6 is 11.6 Å². The maximum atomic E-state index is 16.3. The van der Waals surface area contributed by atoms with Crippen LogP contribution in [0.15, 0.2) is 72.0 Å². The summed E-state index contributed by atoms with van der Waals surface area (Å²) in [5, 5.41) is 29.1. The summed E-state index contributed by atoms with van der Waals surface area (Å²) in [4.78, 5) is 45.8. The molecule has 2 atom stereocenters. The van der Waals surface area contributed by atoms with Crippen molar-refractivity contribution in [3.8, 4) is 22.6 Å². The molecule has 5 rings (SSSR count). The third-order valence-corrected chi connectivity index (χ3v) is 9.02. The number of aliphatic hydroxyl groups is 1. The fourth-order valence-electron chi connectivity index (χ4n) is 6.36. The van der Waals surface area contributed by atoms with E-state index in [1.54, 1.807) is 39.0 Å². The number of halogens is 4. The number of amides is 3. The first-order valence-electron chi connectivity index (χ1n) is 16.5. The van der Waals surface area contributed by atoms with Gasteiger partial charge in [0, 0.05) is 35.5 Å². The highest BCUT2D eigenvalue weighted by Gasteiger charge is 2.55. The molecule has 0 bridgehead atoms. The van der Waals surface area contributed by atoms with Gasteiger partial charge in [0.2, 0.25) is 5.96 Å². The molecule has 0 aliphatic carbocycles. The van der Waals surface area contributed by atoms with Crippen LogP contribution in [0.3, 0.4) is 0 Å². The molecule has 2 heterocycles. The van der Waals surface area contributed by atoms with Crippen LogP contribution in [0.4, 0.5) is 18.0 Å². The van der Waals surface area contributed by atoms with Crippen LogP contribution in [0.5, 0.6) is 11.5 Å². The van der Waals surface area contributed by atoms with Crippen LogP contribution in [0, 0.1) is 11.2 Å². The minimum absolute atomic E-state index is 0.0193. The van der Waals surface area contributed by atoms with Gasteiger partial charge in [0.05, 0.1) is 43.7 Å². The van der Waals surface area contributed by atoms with Crippen molar-refractivity contribution in [2.24, 2.45) is 10.4 Å². The number of nitrogens with one attached hydrogen (secondary N) is 2. The van der Waals surface area contributed by atoms with E-state index in [2.05, 4.69) is 20.7 Å². The minimum Gasteiger partial charge on any atom is -0.497 e. The molecule has 1 aliphatic heterocycles. The summed E-state index contributed by atoms with van der Waals surface area (Å²) in [5.41, 5.74) is -1.81. The lowest BCUT2D eigenvalue weighted by Crippen LogP contribution is -2.49. The molecule has 0 saturated heterocycles. The number of carbonyl (C=O) groups excluding carboxylic acids is 2. The highest BCUT2D eigenvalue weighted by Crippen LogP contribution is 2.46. The predicted molar refractivity (Wildman–Crippen MR) is 192 cm³/mol. The molecule has 13 nitrogen and oxygen atoms in total. The molecule has 3 aromatic carbocycles. The number of methoxy groups -OCH3 is 2. The fourth-order valence-corrected chi connectivity index (χ4v) is 6.56. The monoisotopic (exact) mass is 770 g/mol. The number of aliphatic imine (C=N–C) groups is 1. The second kappa shape index (κ2) is 15.8. The molecular weight excluding hydrogens is 733 g/mol. The zero-order valence-electron chi connectivity index (χ0n) is 29.9. The van der Waals surface area contributed by atoms with E-state index in [4.69, 9.17) is 21.1 Å². The third kappa shape index (κ3) is 8.14. The number of hydrogen-bond donors (Lipinski definition) is 4. The van der Waals surface area contributed by atoms with Crippen molar-refractivity contribution in [3.63, 3.8) is 0 Å². The summed E-state index contributed by atoms with van der Waals surface area (Å²) in [6.45, 7) is 1.69. The number of rotatable bonds is 12. The Balaban J connectivity index is 1.53. The van der Waals surface area contributed by atoms with Crippen LogP contribution < -0.4 is 20.1 Å². The maximum absolute atomic E-state index is 16.3. The normalized spacial score (nSPS) is 16.3. The number of benzene rings is 3. The standard InChI is InChI=1S/C37H38ClF3N6O7/c1-36(2,3)19-37(26-10-7-20(13-28(26)39)23-16-43-46(17-23)33(40)41)32(50)47(34(45-37)44-35(51)52)29(18-48)21-8-11-27(38)25(12-21)31(49)42-15-22-6-9-24(53-4)14-30(22)54-5/h6-14,16-17,29,33,48H,15,18-19H2,1-5H3,(H,42,49)(H,44,45)(H,51,52)/t29-,37?/m1/s1. The van der Waals surface area contributed by atoms with Gasteiger partial charge in [-0.05, 0) is 53.3 Å². The topological polar surface area (TPSA) is 168 Å². The molecule has 4 N–H and O–H groups in total. The van der Waals surface area contributed by atoms with Gasteiger partial charge in [0.25, 0.3) is 11.8 Å². The molecule has 0 saturated carbocycles. The Kier molecular flexibility index (Phi) is 11.6. The molecule has 0 spiro atoms. The van der Waals surface area contributed by atoms with Crippen molar-refractivity contribution in [2.45, 2.75) is 51.9 Å². The predicted octanol–water partition coefficient (Wildman–Crippen LogP) is 6.52. The van der Waals surface area contributed by atoms with Crippen LogP contribution in [0.2, 0.25) is 5.02 Å². The smallest absolute Gasteiger partial charge is 0.411 e. The number of alkyl halides is 2. The number of aliphatic hydroxyl groups excluding tert-OH is 1. The van der Waals surface area contributed by atoms with Gasteiger partial charge in [-0.3, -0.25) is 19.8 Å². The van der Waals surface area contributed by atoms with Crippen molar-refractivity contribution in [2.75, 3.05) is 20.8 Å². The fraction of sp³-hybridized carbons (Fsp3) is 0.324. The highest BCUT2D eigenvalue weighted by molar-refractivity contribution is 6.33. The zero-order chi connectivity index (χ0) is 39.5. The molecule has 0 radical (unpaired) electrons. The van der Waals surface area contributed by atoms with E-state index in [1.807, 2.05) is 0 Å². The third-order valence-electron chi connectivity index (χ3n) is 8.69.